The van der Waals surface area contributed by atoms with Gasteiger partial charge in [0.25, 0.3) is 0 Å². The second-order valence-corrected chi connectivity index (χ2v) is 31.6. The van der Waals surface area contributed by atoms with E-state index in [2.05, 4.69) is 49.3 Å². The number of aliphatic hydroxyl groups excluding tert-OH is 1. The average Bonchev–Trinajstić information content (AvgIpc) is 3.17. The van der Waals surface area contributed by atoms with Crippen LogP contribution in [0.3, 0.4) is 0 Å². The first-order valence-electron chi connectivity index (χ1n) is 23.9. The summed E-state index contributed by atoms with van der Waals surface area (Å²) < 4.78 is 59.1. The average molecular weight is 965 g/mol. The fourth-order valence-corrected chi connectivity index (χ4v) is 12.2. The van der Waals surface area contributed by atoms with Crippen molar-refractivity contribution in [3.8, 4) is 0 Å². The predicted octanol–water partition coefficient (Wildman–Crippen LogP) is 6.69. The minimum absolute atomic E-state index is 0.0346. The number of methoxy groups -OCH3 is 2. The Bertz CT molecular complexity index is 1550. The lowest BCUT2D eigenvalue weighted by Crippen LogP contribution is -2.62. The van der Waals surface area contributed by atoms with Gasteiger partial charge in [-0.2, -0.15) is 0 Å². The highest BCUT2D eigenvalue weighted by molar-refractivity contribution is 6.70. The van der Waals surface area contributed by atoms with Crippen molar-refractivity contribution in [2.24, 2.45) is 28.8 Å². The number of cyclic esters (lactones) is 1. The van der Waals surface area contributed by atoms with E-state index in [9.17, 15) is 20.1 Å². The van der Waals surface area contributed by atoms with Gasteiger partial charge in [0.2, 0.25) is 5.79 Å². The molecule has 0 spiro atoms. The molecule has 3 saturated heterocycles. The molecule has 3 aliphatic rings. The topological polar surface area (TPSA) is 186 Å². The summed E-state index contributed by atoms with van der Waals surface area (Å²) in [5.41, 5.74) is -4.12. The fraction of sp³-hybridized carbons (Fsp3) is 0.957. The number of aliphatic hydroxyl groups is 3. The van der Waals surface area contributed by atoms with Crippen molar-refractivity contribution in [3.05, 3.63) is 0 Å². The Kier molecular flexibility index (Phi) is 20.0. The minimum Gasteiger partial charge on any atom is -0.459 e. The van der Waals surface area contributed by atoms with E-state index >= 15 is 0 Å². The van der Waals surface area contributed by atoms with Crippen LogP contribution in [-0.2, 0) is 51.6 Å². The molecule has 382 valence electrons. The Labute approximate surface area is 394 Å². The third-order valence-electron chi connectivity index (χ3n) is 13.6. The van der Waals surface area contributed by atoms with Gasteiger partial charge >= 0.3 is 5.97 Å². The number of oxime groups is 1. The molecule has 18 atom stereocenters. The second kappa shape index (κ2) is 22.3. The Morgan fingerprint density at radius 1 is 0.846 bits per heavy atom. The molecule has 3 fully saturated rings. The normalized spacial score (nSPS) is 43.0. The molecule has 0 aliphatic carbocycles. The number of esters is 1. The molecule has 3 rings (SSSR count). The van der Waals surface area contributed by atoms with Crippen LogP contribution in [0.1, 0.15) is 109 Å². The summed E-state index contributed by atoms with van der Waals surface area (Å²) in [6.07, 6.45) is -6.97. The zero-order valence-corrected chi connectivity index (χ0v) is 46.2. The maximum atomic E-state index is 14.7. The van der Waals surface area contributed by atoms with E-state index in [1.54, 1.807) is 48.7 Å². The molecular weight excluding hydrogens is 873 g/mol. The quantitative estimate of drug-likeness (QED) is 0.0724. The molecule has 3 aliphatic heterocycles. The molecule has 18 heteroatoms. The summed E-state index contributed by atoms with van der Waals surface area (Å²) in [5, 5.41) is 42.0. The maximum Gasteiger partial charge on any atom is 0.311 e. The van der Waals surface area contributed by atoms with Crippen LogP contribution < -0.4 is 0 Å². The number of ether oxygens (including phenoxy) is 7. The van der Waals surface area contributed by atoms with Crippen LogP contribution in [0.5, 0.6) is 0 Å². The first-order chi connectivity index (χ1) is 29.5. The molecule has 0 aromatic rings. The monoisotopic (exact) mass is 965 g/mol. The Hall–Kier alpha value is -1.11. The van der Waals surface area contributed by atoms with E-state index in [0.29, 0.717) is 12.1 Å². The first kappa shape index (κ1) is 58.2. The molecule has 65 heavy (non-hydrogen) atoms. The zero-order chi connectivity index (χ0) is 50.0. The van der Waals surface area contributed by atoms with Gasteiger partial charge in [-0.05, 0) is 114 Å². The molecule has 3 N–H and O–H groups in total. The standard InChI is InChI=1S/C47H92N2O14Si2/c1-23-34-47(12,53)39(50)29(4)36(48-63-44(8,9)54-15)27(2)25-45(10,52)40(60-43-38(61-64(17,18)19)33(49(13)14)24-28(3)56-43)30(5)37(31(6)42(51)58-34)59-35-26-46(11,55-16)41(32(7)57-35)62-65(20,21)22/h27-35,37-41,43,50,52-53H,23-26H2,1-22H3/b48-36+/t27-,28?,29+,30+,31-,32?,33?,34-,35?,37+,38?,39-,40-,41?,43?,45-,46?,47-/m1/s1. The number of carbonyl (C=O) groups is 1. The van der Waals surface area contributed by atoms with Gasteiger partial charge in [0.05, 0.1) is 59.5 Å². The van der Waals surface area contributed by atoms with Gasteiger partial charge < -0.3 is 67.1 Å². The van der Waals surface area contributed by atoms with Gasteiger partial charge in [-0.25, -0.2) is 0 Å². The van der Waals surface area contributed by atoms with Crippen LogP contribution in [0.25, 0.3) is 0 Å². The van der Waals surface area contributed by atoms with Crippen LogP contribution >= 0.6 is 0 Å². The van der Waals surface area contributed by atoms with Crippen LogP contribution in [0, 0.1) is 23.7 Å². The molecule has 0 radical (unpaired) electrons. The number of carbonyl (C=O) groups excluding carboxylic acids is 1. The van der Waals surface area contributed by atoms with Gasteiger partial charge in [0.1, 0.15) is 17.8 Å². The van der Waals surface area contributed by atoms with Crippen molar-refractivity contribution in [2.45, 2.75) is 238 Å². The summed E-state index contributed by atoms with van der Waals surface area (Å²) >= 11 is 0. The SMILES string of the molecule is CC[C@H]1OC(=O)[C@H](C)[C@@H](OC2CC(C)(OC)C(O[Si](C)(C)C)C(C)O2)[C@H](C)[C@@H](OC2OC(C)CC(N(C)C)C2O[Si](C)(C)C)[C@](C)(O)C[C@@H](C)/C(=N\OC(C)(C)OC)[C@H](C)[C@@H](O)[C@]1(C)O. The molecule has 0 aromatic heterocycles. The second-order valence-electron chi connectivity index (χ2n) is 22.7. The van der Waals surface area contributed by atoms with Crippen molar-refractivity contribution < 1.29 is 67.0 Å². The third-order valence-corrected chi connectivity index (χ3v) is 15.6. The van der Waals surface area contributed by atoms with Crippen molar-refractivity contribution in [1.82, 2.24) is 4.90 Å². The van der Waals surface area contributed by atoms with Crippen molar-refractivity contribution >= 4 is 28.3 Å². The van der Waals surface area contributed by atoms with Crippen LogP contribution in [0.2, 0.25) is 39.3 Å². The number of hydrogen-bond acceptors (Lipinski definition) is 16. The molecular formula is C47H92N2O14Si2. The van der Waals surface area contributed by atoms with Gasteiger partial charge in [0.15, 0.2) is 29.2 Å². The van der Waals surface area contributed by atoms with E-state index < -0.39 is 124 Å². The molecule has 0 saturated carbocycles. The lowest BCUT2D eigenvalue weighted by molar-refractivity contribution is -0.315. The van der Waals surface area contributed by atoms with Crippen molar-refractivity contribution in [3.63, 3.8) is 0 Å². The molecule has 0 aromatic carbocycles. The molecule has 0 amide bonds. The number of likely N-dealkylation sites (N-methyl/N-ethyl adjacent to an activating group) is 1. The van der Waals surface area contributed by atoms with Gasteiger partial charge in [-0.3, -0.25) is 4.79 Å². The predicted molar refractivity (Wildman–Crippen MR) is 255 cm³/mol. The van der Waals surface area contributed by atoms with Gasteiger partial charge in [-0.15, -0.1) is 0 Å². The highest BCUT2D eigenvalue weighted by Crippen LogP contribution is 2.42. The van der Waals surface area contributed by atoms with E-state index in [0.717, 1.165) is 0 Å². The van der Waals surface area contributed by atoms with E-state index in [1.807, 2.05) is 48.7 Å². The molecule has 16 nitrogen and oxygen atoms in total. The smallest absolute Gasteiger partial charge is 0.311 e. The van der Waals surface area contributed by atoms with Crippen LogP contribution in [-0.4, -0.2) is 167 Å². The Morgan fingerprint density at radius 3 is 1.94 bits per heavy atom. The number of rotatable bonds is 14. The third kappa shape index (κ3) is 15.0. The Balaban J connectivity index is 2.35. The number of hydrogen-bond donors (Lipinski definition) is 3. The first-order valence-corrected chi connectivity index (χ1v) is 30.7. The van der Waals surface area contributed by atoms with E-state index in [1.165, 1.54) is 14.0 Å². The highest BCUT2D eigenvalue weighted by atomic mass is 28.4. The summed E-state index contributed by atoms with van der Waals surface area (Å²) in [5.74, 6) is -5.02. The maximum absolute atomic E-state index is 14.7. The molecule has 8 unspecified atom stereocenters. The lowest BCUT2D eigenvalue weighted by Gasteiger charge is -2.51. The molecule has 3 heterocycles. The zero-order valence-electron chi connectivity index (χ0n) is 44.2. The largest absolute Gasteiger partial charge is 0.459 e. The lowest BCUT2D eigenvalue weighted by atomic mass is 9.73. The van der Waals surface area contributed by atoms with Crippen molar-refractivity contribution in [1.29, 1.82) is 0 Å². The van der Waals surface area contributed by atoms with Crippen LogP contribution in [0.15, 0.2) is 5.16 Å². The minimum atomic E-state index is -2.22. The summed E-state index contributed by atoms with van der Waals surface area (Å²) in [6, 6.07) is -0.0783. The summed E-state index contributed by atoms with van der Waals surface area (Å²) in [6.45, 7) is 34.2. The van der Waals surface area contributed by atoms with Gasteiger partial charge in [0, 0.05) is 58.3 Å². The number of nitrogens with zero attached hydrogens (tertiary/aromatic N) is 2. The van der Waals surface area contributed by atoms with E-state index in [-0.39, 0.29) is 31.4 Å². The van der Waals surface area contributed by atoms with Crippen molar-refractivity contribution in [2.75, 3.05) is 28.3 Å². The summed E-state index contributed by atoms with van der Waals surface area (Å²) in [7, 11) is 2.90. The van der Waals surface area contributed by atoms with Crippen LogP contribution in [0.4, 0.5) is 0 Å². The van der Waals surface area contributed by atoms with Gasteiger partial charge in [-0.1, -0.05) is 32.9 Å². The Morgan fingerprint density at radius 2 is 1.43 bits per heavy atom. The highest BCUT2D eigenvalue weighted by Gasteiger charge is 2.55. The van der Waals surface area contributed by atoms with E-state index in [4.69, 9.17) is 46.8 Å². The fourth-order valence-electron chi connectivity index (χ4n) is 9.90. The molecule has 0 bridgehead atoms. The summed E-state index contributed by atoms with van der Waals surface area (Å²) in [4.78, 5) is 22.8.